The molecule has 1 heterocycles. The molecule has 3 aromatic carbocycles. The van der Waals surface area contributed by atoms with E-state index in [4.69, 9.17) is 24.6 Å². The predicted octanol–water partition coefficient (Wildman–Crippen LogP) is 5.79. The Morgan fingerprint density at radius 2 is 1.57 bits per heavy atom. The molecule has 0 aliphatic rings. The lowest BCUT2D eigenvalue weighted by molar-refractivity contribution is -0.127. The number of fused-ring (bicyclic) bond motifs is 1. The molecule has 2 N–H and O–H groups in total. The van der Waals surface area contributed by atoms with Crippen LogP contribution >= 0.6 is 0 Å². The normalized spacial score (nSPS) is 12.0. The number of hydroxylamine groups is 1. The number of carbonyl (C=O) groups excluding carboxylic acids is 2. The Labute approximate surface area is 258 Å². The molecule has 0 saturated heterocycles. The Bertz CT molecular complexity index is 1510. The Morgan fingerprint density at radius 3 is 2.27 bits per heavy atom. The number of hydrogen-bond donors (Lipinski definition) is 1. The van der Waals surface area contributed by atoms with Crippen molar-refractivity contribution in [3.63, 3.8) is 0 Å². The molecule has 0 spiro atoms. The van der Waals surface area contributed by atoms with Gasteiger partial charge in [0, 0.05) is 17.6 Å². The van der Waals surface area contributed by atoms with Gasteiger partial charge in [-0.2, -0.15) is 5.06 Å². The number of rotatable bonds is 15. The van der Waals surface area contributed by atoms with Crippen LogP contribution in [0.15, 0.2) is 77.3 Å². The zero-order valence-corrected chi connectivity index (χ0v) is 26.1. The van der Waals surface area contributed by atoms with Crippen LogP contribution in [0.25, 0.3) is 11.0 Å². The predicted molar refractivity (Wildman–Crippen MR) is 170 cm³/mol. The van der Waals surface area contributed by atoms with Crippen LogP contribution in [0, 0.1) is 0 Å². The number of nitrogens with two attached hydrogens (primary N) is 1. The molecule has 2 amide bonds. The van der Waals surface area contributed by atoms with E-state index < -0.39 is 11.9 Å². The van der Waals surface area contributed by atoms with E-state index in [0.29, 0.717) is 53.9 Å². The molecule has 1 aromatic heterocycles. The number of hydrogen-bond acceptors (Lipinski definition) is 8. The third-order valence-electron chi connectivity index (χ3n) is 7.14. The van der Waals surface area contributed by atoms with Crippen molar-refractivity contribution in [2.24, 2.45) is 5.73 Å². The van der Waals surface area contributed by atoms with E-state index in [1.165, 1.54) is 0 Å². The van der Waals surface area contributed by atoms with Crippen LogP contribution in [0.4, 0.5) is 5.82 Å². The molecule has 0 radical (unpaired) electrons. The number of methoxy groups -OCH3 is 1. The van der Waals surface area contributed by atoms with Crippen molar-refractivity contribution in [1.29, 1.82) is 0 Å². The van der Waals surface area contributed by atoms with Gasteiger partial charge in [-0.1, -0.05) is 47.6 Å². The highest BCUT2D eigenvalue weighted by atomic mass is 16.7. The van der Waals surface area contributed by atoms with E-state index in [1.807, 2.05) is 81.1 Å². The van der Waals surface area contributed by atoms with Crippen molar-refractivity contribution < 1.29 is 28.4 Å². The van der Waals surface area contributed by atoms with Gasteiger partial charge in [-0.25, -0.2) is 0 Å². The highest BCUT2D eigenvalue weighted by Crippen LogP contribution is 2.30. The average molecular weight is 603 g/mol. The summed E-state index contributed by atoms with van der Waals surface area (Å²) in [4.78, 5) is 34.4. The zero-order chi connectivity index (χ0) is 31.6. The second kappa shape index (κ2) is 15.4. The summed E-state index contributed by atoms with van der Waals surface area (Å²) >= 11 is 0. The van der Waals surface area contributed by atoms with Gasteiger partial charge in [0.25, 0.3) is 11.8 Å². The van der Waals surface area contributed by atoms with Gasteiger partial charge in [-0.15, -0.1) is 0 Å². The second-order valence-corrected chi connectivity index (χ2v) is 11.1. The molecule has 0 aliphatic carbocycles. The molecule has 10 nitrogen and oxygen atoms in total. The lowest BCUT2D eigenvalue weighted by atomic mass is 10.1. The van der Waals surface area contributed by atoms with Gasteiger partial charge in [0.15, 0.2) is 17.1 Å². The van der Waals surface area contributed by atoms with Gasteiger partial charge < -0.3 is 24.6 Å². The number of nitrogens with zero attached hydrogens (tertiary/aromatic N) is 3. The molecular formula is C34H42N4O6. The van der Waals surface area contributed by atoms with E-state index in [1.54, 1.807) is 31.4 Å². The van der Waals surface area contributed by atoms with Crippen LogP contribution < -0.4 is 20.3 Å². The lowest BCUT2D eigenvalue weighted by Gasteiger charge is -2.31. The van der Waals surface area contributed by atoms with Crippen molar-refractivity contribution in [3.8, 4) is 11.5 Å². The monoisotopic (exact) mass is 602 g/mol. The first-order valence-electron chi connectivity index (χ1n) is 15.0. The van der Waals surface area contributed by atoms with E-state index in [2.05, 4.69) is 5.16 Å². The molecule has 4 rings (SSSR count). The van der Waals surface area contributed by atoms with Crippen LogP contribution in [0.5, 0.6) is 11.5 Å². The Morgan fingerprint density at radius 1 is 0.886 bits per heavy atom. The van der Waals surface area contributed by atoms with E-state index >= 15 is 0 Å². The first kappa shape index (κ1) is 32.5. The number of carbonyl (C=O) groups is 2. The fraction of sp³-hybridized carbons (Fsp3) is 0.382. The van der Waals surface area contributed by atoms with Gasteiger partial charge in [0.05, 0.1) is 31.8 Å². The summed E-state index contributed by atoms with van der Waals surface area (Å²) in [5.74, 6) is 0.819. The maximum absolute atomic E-state index is 13.5. The quantitative estimate of drug-likeness (QED) is 0.134. The fourth-order valence-corrected chi connectivity index (χ4v) is 5.03. The minimum atomic E-state index is -0.841. The first-order chi connectivity index (χ1) is 21.2. The SMILES string of the molecule is COc1cc(C(=O)N(C(C)C)C(C)C)ccc1OCCCCON(C(=O)[C@@H](N)Cc1ccccc1)c1noc2ccccc12. The molecule has 0 unspecified atom stereocenters. The van der Waals surface area contributed by atoms with Crippen LogP contribution in [-0.4, -0.2) is 60.3 Å². The second-order valence-electron chi connectivity index (χ2n) is 11.1. The minimum absolute atomic E-state index is 0.0560. The fourth-order valence-electron chi connectivity index (χ4n) is 5.03. The van der Waals surface area contributed by atoms with Gasteiger partial charge in [0.1, 0.15) is 0 Å². The highest BCUT2D eigenvalue weighted by molar-refractivity contribution is 6.01. The molecule has 0 bridgehead atoms. The molecule has 10 heteroatoms. The van der Waals surface area contributed by atoms with Crippen molar-refractivity contribution >= 4 is 28.6 Å². The van der Waals surface area contributed by atoms with E-state index in [9.17, 15) is 9.59 Å². The van der Waals surface area contributed by atoms with Crippen molar-refractivity contribution in [3.05, 3.63) is 83.9 Å². The Balaban J connectivity index is 1.36. The zero-order valence-electron chi connectivity index (χ0n) is 26.1. The lowest BCUT2D eigenvalue weighted by Crippen LogP contribution is -2.45. The molecule has 1 atom stereocenters. The number of unbranched alkanes of at least 4 members (excludes halogenated alkanes) is 1. The van der Waals surface area contributed by atoms with Crippen LogP contribution in [0.2, 0.25) is 0 Å². The van der Waals surface area contributed by atoms with Crippen LogP contribution in [0.3, 0.4) is 0 Å². The van der Waals surface area contributed by atoms with E-state index in [0.717, 1.165) is 10.6 Å². The third kappa shape index (κ3) is 7.94. The highest BCUT2D eigenvalue weighted by Gasteiger charge is 2.28. The summed E-state index contributed by atoms with van der Waals surface area (Å²) in [5, 5.41) is 5.91. The Hall–Kier alpha value is -4.41. The maximum atomic E-state index is 13.5. The molecule has 4 aromatic rings. The number of amides is 2. The summed E-state index contributed by atoms with van der Waals surface area (Å²) in [5.41, 5.74) is 8.36. The number of para-hydroxylation sites is 1. The topological polar surface area (TPSA) is 120 Å². The van der Waals surface area contributed by atoms with Crippen LogP contribution in [0.1, 0.15) is 56.5 Å². The van der Waals surface area contributed by atoms with Gasteiger partial charge in [-0.05, 0) is 82.9 Å². The molecule has 0 aliphatic heterocycles. The van der Waals surface area contributed by atoms with Crippen molar-refractivity contribution in [1.82, 2.24) is 10.1 Å². The molecular weight excluding hydrogens is 560 g/mol. The van der Waals surface area contributed by atoms with Gasteiger partial charge in [0.2, 0.25) is 5.82 Å². The third-order valence-corrected chi connectivity index (χ3v) is 7.14. The summed E-state index contributed by atoms with van der Waals surface area (Å²) in [7, 11) is 1.55. The minimum Gasteiger partial charge on any atom is -0.493 e. The number of anilines is 1. The Kier molecular flexibility index (Phi) is 11.3. The average Bonchev–Trinajstić information content (AvgIpc) is 3.44. The first-order valence-corrected chi connectivity index (χ1v) is 15.0. The largest absolute Gasteiger partial charge is 0.493 e. The smallest absolute Gasteiger partial charge is 0.269 e. The molecule has 234 valence electrons. The van der Waals surface area contributed by atoms with Gasteiger partial charge in [-0.3, -0.25) is 14.4 Å². The standard InChI is InChI=1S/C34H42N4O6/c1-23(2)37(24(3)4)33(39)26-17-18-30(31(22-26)41-5)42-19-11-12-20-43-38(32-27-15-9-10-16-29(27)44-36-32)34(40)28(35)21-25-13-7-6-8-14-25/h6-10,13-18,22-24,28H,11-12,19-21,35H2,1-5H3/t28-/m0/s1. The summed E-state index contributed by atoms with van der Waals surface area (Å²) < 4.78 is 16.9. The number of ether oxygens (including phenoxy) is 2. The summed E-state index contributed by atoms with van der Waals surface area (Å²) in [6.45, 7) is 8.60. The number of benzene rings is 3. The van der Waals surface area contributed by atoms with Crippen LogP contribution in [-0.2, 0) is 16.1 Å². The van der Waals surface area contributed by atoms with Gasteiger partial charge >= 0.3 is 0 Å². The van der Waals surface area contributed by atoms with E-state index in [-0.39, 0.29) is 30.4 Å². The summed E-state index contributed by atoms with van der Waals surface area (Å²) in [6, 6.07) is 21.4. The maximum Gasteiger partial charge on any atom is 0.269 e. The van der Waals surface area contributed by atoms with Crippen molar-refractivity contribution in [2.45, 2.75) is 65.1 Å². The number of aromatic nitrogens is 1. The molecule has 0 saturated carbocycles. The summed E-state index contributed by atoms with van der Waals surface area (Å²) in [6.07, 6.45) is 1.57. The molecule has 0 fully saturated rings. The molecule has 44 heavy (non-hydrogen) atoms. The van der Waals surface area contributed by atoms with Crippen molar-refractivity contribution in [2.75, 3.05) is 25.4 Å².